The van der Waals surface area contributed by atoms with E-state index in [-0.39, 0.29) is 36.3 Å². The third kappa shape index (κ3) is 5.69. The van der Waals surface area contributed by atoms with Crippen molar-refractivity contribution in [1.82, 2.24) is 5.32 Å². The molecule has 0 saturated heterocycles. The lowest BCUT2D eigenvalue weighted by Crippen LogP contribution is -2.28. The average Bonchev–Trinajstić information content (AvgIpc) is 2.91. The maximum Gasteiger partial charge on any atom is 0.335 e. The number of nitrogens with one attached hydrogen (secondary N) is 1. The highest BCUT2D eigenvalue weighted by Gasteiger charge is 2.29. The van der Waals surface area contributed by atoms with Crippen LogP contribution in [-0.2, 0) is 0 Å². The van der Waals surface area contributed by atoms with Crippen molar-refractivity contribution in [3.8, 4) is 5.75 Å². The van der Waals surface area contributed by atoms with E-state index in [1.54, 1.807) is 6.07 Å². The lowest BCUT2D eigenvalue weighted by Gasteiger charge is -2.33. The fourth-order valence-corrected chi connectivity index (χ4v) is 5.49. The molecule has 0 fully saturated rings. The van der Waals surface area contributed by atoms with Crippen molar-refractivity contribution in [2.75, 3.05) is 6.54 Å². The normalized spacial score (nSPS) is 17.2. The molecule has 1 heterocycles. The zero-order valence-electron chi connectivity index (χ0n) is 21.6. The second-order valence-corrected chi connectivity index (χ2v) is 9.95. The highest BCUT2D eigenvalue weighted by Crippen LogP contribution is 2.41. The maximum atomic E-state index is 14.2. The molecule has 1 unspecified atom stereocenters. The van der Waals surface area contributed by atoms with E-state index in [1.165, 1.54) is 0 Å². The molecule has 3 atom stereocenters. The van der Waals surface area contributed by atoms with Crippen LogP contribution in [0.4, 0.5) is 4.39 Å². The first kappa shape index (κ1) is 27.6. The second-order valence-electron chi connectivity index (χ2n) is 9.95. The average molecular weight is 534 g/mol. The van der Waals surface area contributed by atoms with Gasteiger partial charge in [0, 0.05) is 22.9 Å². The lowest BCUT2D eigenvalue weighted by molar-refractivity contribution is 0.0696. The van der Waals surface area contributed by atoms with E-state index < -0.39 is 5.97 Å². The van der Waals surface area contributed by atoms with Gasteiger partial charge in [0.25, 0.3) is 0 Å². The van der Waals surface area contributed by atoms with Gasteiger partial charge in [0.2, 0.25) is 0 Å². The van der Waals surface area contributed by atoms with Crippen LogP contribution >= 0.6 is 12.4 Å². The molecule has 1 aliphatic heterocycles. The molecule has 0 radical (unpaired) electrons. The van der Waals surface area contributed by atoms with Gasteiger partial charge in [-0.05, 0) is 79.9 Å². The van der Waals surface area contributed by atoms with Crippen LogP contribution in [0.2, 0.25) is 0 Å². The highest BCUT2D eigenvalue weighted by atomic mass is 35.5. The highest BCUT2D eigenvalue weighted by molar-refractivity contribution is 5.89. The first-order valence-electron chi connectivity index (χ1n) is 12.9. The van der Waals surface area contributed by atoms with Crippen LogP contribution < -0.4 is 10.1 Å². The second kappa shape index (κ2) is 12.0. The summed E-state index contributed by atoms with van der Waals surface area (Å²) in [7, 11) is 0. The van der Waals surface area contributed by atoms with E-state index >= 15 is 0 Å². The fourth-order valence-electron chi connectivity index (χ4n) is 5.49. The van der Waals surface area contributed by atoms with Crippen molar-refractivity contribution in [3.05, 3.63) is 112 Å². The fraction of sp³-hybridized carbons (Fsp3) is 0.281. The van der Waals surface area contributed by atoms with Gasteiger partial charge in [-0.3, -0.25) is 0 Å². The van der Waals surface area contributed by atoms with Crippen LogP contribution in [0.25, 0.3) is 10.8 Å². The molecule has 2 N–H and O–H groups in total. The third-order valence-corrected chi connectivity index (χ3v) is 7.51. The number of hydrogen-bond donors (Lipinski definition) is 2. The Morgan fingerprint density at radius 2 is 1.79 bits per heavy atom. The van der Waals surface area contributed by atoms with Gasteiger partial charge >= 0.3 is 5.97 Å². The third-order valence-electron chi connectivity index (χ3n) is 7.51. The molecule has 5 rings (SSSR count). The molecule has 0 spiro atoms. The summed E-state index contributed by atoms with van der Waals surface area (Å²) in [6.45, 7) is 4.75. The number of para-hydroxylation sites is 1. The van der Waals surface area contributed by atoms with Gasteiger partial charge in [-0.15, -0.1) is 12.4 Å². The summed E-state index contributed by atoms with van der Waals surface area (Å²) < 4.78 is 20.6. The number of benzene rings is 4. The van der Waals surface area contributed by atoms with Gasteiger partial charge in [0.15, 0.2) is 0 Å². The molecule has 0 aliphatic carbocycles. The SMILES string of the molecule is Cc1ccc([C@@H]2C[C@H](CCCNC(C)c3ccc(F)c4ccccc34)Oc3ccccc32)cc1C(=O)O.Cl. The van der Waals surface area contributed by atoms with Crippen LogP contribution in [0, 0.1) is 12.7 Å². The summed E-state index contributed by atoms with van der Waals surface area (Å²) in [4.78, 5) is 11.7. The van der Waals surface area contributed by atoms with Crippen molar-refractivity contribution < 1.29 is 19.0 Å². The van der Waals surface area contributed by atoms with E-state index in [4.69, 9.17) is 4.74 Å². The first-order chi connectivity index (χ1) is 17.9. The van der Waals surface area contributed by atoms with E-state index in [9.17, 15) is 14.3 Å². The Morgan fingerprint density at radius 3 is 2.58 bits per heavy atom. The van der Waals surface area contributed by atoms with E-state index in [1.807, 2.05) is 73.7 Å². The summed E-state index contributed by atoms with van der Waals surface area (Å²) in [5, 5.41) is 14.8. The number of rotatable bonds is 8. The lowest BCUT2D eigenvalue weighted by atomic mass is 9.82. The van der Waals surface area contributed by atoms with Gasteiger partial charge in [0.1, 0.15) is 11.6 Å². The molecule has 0 aromatic heterocycles. The molecule has 0 amide bonds. The van der Waals surface area contributed by atoms with Gasteiger partial charge in [-0.2, -0.15) is 0 Å². The minimum absolute atomic E-state index is 0. The summed E-state index contributed by atoms with van der Waals surface area (Å²) in [6, 6.07) is 24.9. The number of fused-ring (bicyclic) bond motifs is 2. The molecule has 4 aromatic rings. The minimum Gasteiger partial charge on any atom is -0.490 e. The molecule has 198 valence electrons. The number of carboxylic acids is 1. The van der Waals surface area contributed by atoms with Crippen LogP contribution in [0.3, 0.4) is 0 Å². The van der Waals surface area contributed by atoms with Crippen LogP contribution in [0.1, 0.15) is 70.8 Å². The summed E-state index contributed by atoms with van der Waals surface area (Å²) in [6.07, 6.45) is 2.65. The van der Waals surface area contributed by atoms with Gasteiger partial charge in [0.05, 0.1) is 11.7 Å². The van der Waals surface area contributed by atoms with Crippen LogP contribution in [0.15, 0.2) is 78.9 Å². The van der Waals surface area contributed by atoms with Gasteiger partial charge in [-0.25, -0.2) is 9.18 Å². The van der Waals surface area contributed by atoms with E-state index in [2.05, 4.69) is 18.3 Å². The van der Waals surface area contributed by atoms with Gasteiger partial charge in [-0.1, -0.05) is 60.7 Å². The summed E-state index contributed by atoms with van der Waals surface area (Å²) in [5.74, 6) is -0.128. The smallest absolute Gasteiger partial charge is 0.335 e. The predicted octanol–water partition coefficient (Wildman–Crippen LogP) is 7.82. The van der Waals surface area contributed by atoms with Crippen molar-refractivity contribution in [1.29, 1.82) is 0 Å². The monoisotopic (exact) mass is 533 g/mol. The Hall–Kier alpha value is -3.41. The molecule has 4 aromatic carbocycles. The minimum atomic E-state index is -0.898. The van der Waals surface area contributed by atoms with E-state index in [0.29, 0.717) is 10.9 Å². The number of carbonyl (C=O) groups is 1. The first-order valence-corrected chi connectivity index (χ1v) is 12.9. The van der Waals surface area contributed by atoms with E-state index in [0.717, 1.165) is 59.2 Å². The summed E-state index contributed by atoms with van der Waals surface area (Å²) in [5.41, 5.74) is 4.33. The zero-order chi connectivity index (χ0) is 25.9. The topological polar surface area (TPSA) is 58.6 Å². The molecular formula is C32H33ClFNO3. The number of halogens is 2. The molecule has 1 aliphatic rings. The van der Waals surface area contributed by atoms with Crippen molar-refractivity contribution >= 4 is 29.1 Å². The Labute approximate surface area is 229 Å². The van der Waals surface area contributed by atoms with Crippen molar-refractivity contribution in [3.63, 3.8) is 0 Å². The van der Waals surface area contributed by atoms with Crippen molar-refractivity contribution in [2.45, 2.75) is 51.2 Å². The number of hydrogen-bond acceptors (Lipinski definition) is 3. The number of aromatic carboxylic acids is 1. The predicted molar refractivity (Wildman–Crippen MR) is 152 cm³/mol. The number of carboxylic acid groups (broad SMARTS) is 1. The Morgan fingerprint density at radius 1 is 1.05 bits per heavy atom. The maximum absolute atomic E-state index is 14.2. The number of ether oxygens (including phenoxy) is 1. The molecule has 0 bridgehead atoms. The quantitative estimate of drug-likeness (QED) is 0.227. The molecule has 0 saturated carbocycles. The summed E-state index contributed by atoms with van der Waals surface area (Å²) >= 11 is 0. The van der Waals surface area contributed by atoms with Crippen molar-refractivity contribution in [2.24, 2.45) is 0 Å². The Balaban J connectivity index is 0.00000336. The Bertz CT molecular complexity index is 1440. The zero-order valence-corrected chi connectivity index (χ0v) is 22.4. The van der Waals surface area contributed by atoms with Crippen LogP contribution in [0.5, 0.6) is 5.75 Å². The standard InChI is InChI=1S/C32H32FNO3.ClH/c1-20-13-14-22(18-28(20)32(35)36)29-19-23(37-31-12-6-5-11-27(29)31)8-7-17-34-21(2)24-15-16-30(33)26-10-4-3-9-25(24)26;/h3-6,9-16,18,21,23,29,34H,7-8,17,19H2,1-2H3,(H,35,36);1H/t21?,23-,29-;/m0./s1. The molecular weight excluding hydrogens is 501 g/mol. The molecule has 6 heteroatoms. The van der Waals surface area contributed by atoms with Crippen LogP contribution in [-0.4, -0.2) is 23.7 Å². The molecule has 4 nitrogen and oxygen atoms in total. The molecule has 38 heavy (non-hydrogen) atoms. The largest absolute Gasteiger partial charge is 0.490 e. The Kier molecular flexibility index (Phi) is 8.70. The van der Waals surface area contributed by atoms with Gasteiger partial charge < -0.3 is 15.2 Å². The number of aryl methyl sites for hydroxylation is 1.